The third kappa shape index (κ3) is 5.48. The molecule has 1 aromatic heterocycles. The maximum absolute atomic E-state index is 12.9. The lowest BCUT2D eigenvalue weighted by Crippen LogP contribution is -2.36. The first-order valence-corrected chi connectivity index (χ1v) is 12.2. The van der Waals surface area contributed by atoms with Crippen LogP contribution in [0.1, 0.15) is 33.6 Å². The molecule has 0 radical (unpaired) electrons. The Labute approximate surface area is 216 Å². The van der Waals surface area contributed by atoms with Gasteiger partial charge in [-0.3, -0.25) is 19.3 Å². The summed E-state index contributed by atoms with van der Waals surface area (Å²) in [4.78, 5) is 38.8. The van der Waals surface area contributed by atoms with Gasteiger partial charge in [0.1, 0.15) is 6.54 Å². The molecular formula is C27H24F3N3O3S. The summed E-state index contributed by atoms with van der Waals surface area (Å²) >= 11 is 0.716. The maximum Gasteiger partial charge on any atom is 0.416 e. The van der Waals surface area contributed by atoms with Crippen LogP contribution in [-0.4, -0.2) is 33.1 Å². The topological polar surface area (TPSA) is 71.4 Å². The molecular weight excluding hydrogens is 503 g/mol. The molecule has 0 atom stereocenters. The Kier molecular flexibility index (Phi) is 7.05. The Hall–Kier alpha value is -3.79. The molecule has 0 aliphatic carbocycles. The van der Waals surface area contributed by atoms with Gasteiger partial charge in [-0.15, -0.1) is 0 Å². The molecule has 0 saturated carbocycles. The predicted molar refractivity (Wildman–Crippen MR) is 137 cm³/mol. The average molecular weight is 528 g/mol. The van der Waals surface area contributed by atoms with Crippen LogP contribution in [0.15, 0.2) is 53.4 Å². The van der Waals surface area contributed by atoms with Crippen LogP contribution in [0.5, 0.6) is 0 Å². The summed E-state index contributed by atoms with van der Waals surface area (Å²) in [5, 5.41) is 1.69. The summed E-state index contributed by atoms with van der Waals surface area (Å²) < 4.78 is 40.8. The molecule has 1 fully saturated rings. The van der Waals surface area contributed by atoms with E-state index in [4.69, 9.17) is 0 Å². The van der Waals surface area contributed by atoms with E-state index in [0.717, 1.165) is 56.9 Å². The number of anilines is 1. The van der Waals surface area contributed by atoms with Gasteiger partial charge in [0.2, 0.25) is 5.91 Å². The summed E-state index contributed by atoms with van der Waals surface area (Å²) in [7, 11) is 0. The summed E-state index contributed by atoms with van der Waals surface area (Å²) in [6.07, 6.45) is -2.94. The number of hydrogen-bond acceptors (Lipinski definition) is 4. The van der Waals surface area contributed by atoms with E-state index in [-0.39, 0.29) is 10.6 Å². The number of nitrogens with zero attached hydrogens (tertiary/aromatic N) is 2. The lowest BCUT2D eigenvalue weighted by Gasteiger charge is -2.14. The van der Waals surface area contributed by atoms with E-state index in [0.29, 0.717) is 11.8 Å². The van der Waals surface area contributed by atoms with Crippen LogP contribution in [0.2, 0.25) is 0 Å². The molecule has 0 bridgehead atoms. The number of amides is 3. The second-order valence-corrected chi connectivity index (χ2v) is 9.84. The van der Waals surface area contributed by atoms with E-state index in [2.05, 4.69) is 16.0 Å². The van der Waals surface area contributed by atoms with Crippen molar-refractivity contribution in [2.24, 2.45) is 0 Å². The van der Waals surface area contributed by atoms with Gasteiger partial charge in [0.25, 0.3) is 11.1 Å². The van der Waals surface area contributed by atoms with E-state index in [1.54, 1.807) is 6.08 Å². The monoisotopic (exact) mass is 527 g/mol. The number of hydrogen-bond donors (Lipinski definition) is 1. The smallest absolute Gasteiger partial charge is 0.325 e. The van der Waals surface area contributed by atoms with Gasteiger partial charge in [0.05, 0.1) is 10.5 Å². The largest absolute Gasteiger partial charge is 0.416 e. The quantitative estimate of drug-likeness (QED) is 0.390. The minimum absolute atomic E-state index is 0.0822. The molecule has 1 aliphatic rings. The van der Waals surface area contributed by atoms with E-state index in [1.165, 1.54) is 6.07 Å². The highest BCUT2D eigenvalue weighted by Crippen LogP contribution is 2.34. The first kappa shape index (κ1) is 26.3. The van der Waals surface area contributed by atoms with E-state index < -0.39 is 35.3 Å². The highest BCUT2D eigenvalue weighted by molar-refractivity contribution is 8.18. The second-order valence-electron chi connectivity index (χ2n) is 8.85. The minimum atomic E-state index is -4.56. The van der Waals surface area contributed by atoms with Crippen molar-refractivity contribution in [3.05, 3.63) is 87.1 Å². The third-order valence-corrected chi connectivity index (χ3v) is 6.91. The van der Waals surface area contributed by atoms with Crippen molar-refractivity contribution in [2.75, 3.05) is 11.9 Å². The molecule has 1 N–H and O–H groups in total. The summed E-state index contributed by atoms with van der Waals surface area (Å²) in [5.41, 5.74) is 4.86. The molecule has 1 aliphatic heterocycles. The number of aromatic nitrogens is 1. The SMILES string of the molecule is Cc1ccc(-n2c(C)cc(/C=C3\SC(=O)N(CC(=O)Nc4cccc(C(F)(F)F)c4)C3=O)c2C)c(C)c1. The van der Waals surface area contributed by atoms with E-state index >= 15 is 0 Å². The van der Waals surface area contributed by atoms with Crippen LogP contribution < -0.4 is 5.32 Å². The van der Waals surface area contributed by atoms with Gasteiger partial charge in [-0.25, -0.2) is 0 Å². The normalized spacial score (nSPS) is 15.1. The highest BCUT2D eigenvalue weighted by Gasteiger charge is 2.37. The Morgan fingerprint density at radius 3 is 2.43 bits per heavy atom. The molecule has 10 heteroatoms. The molecule has 0 spiro atoms. The summed E-state index contributed by atoms with van der Waals surface area (Å²) in [5.74, 6) is -1.42. The number of aryl methyl sites for hydroxylation is 3. The van der Waals surface area contributed by atoms with Crippen molar-refractivity contribution in [3.8, 4) is 5.69 Å². The van der Waals surface area contributed by atoms with Crippen molar-refractivity contribution in [1.29, 1.82) is 0 Å². The van der Waals surface area contributed by atoms with Gasteiger partial charge in [0.15, 0.2) is 0 Å². The van der Waals surface area contributed by atoms with Crippen molar-refractivity contribution >= 4 is 40.6 Å². The zero-order valence-corrected chi connectivity index (χ0v) is 21.4. The van der Waals surface area contributed by atoms with Gasteiger partial charge in [0, 0.05) is 22.8 Å². The Morgan fingerprint density at radius 1 is 1.03 bits per heavy atom. The lowest BCUT2D eigenvalue weighted by atomic mass is 10.1. The minimum Gasteiger partial charge on any atom is -0.325 e. The zero-order valence-electron chi connectivity index (χ0n) is 20.6. The van der Waals surface area contributed by atoms with Gasteiger partial charge in [-0.2, -0.15) is 13.2 Å². The number of benzene rings is 2. The maximum atomic E-state index is 12.9. The Balaban J connectivity index is 1.52. The molecule has 4 rings (SSSR count). The van der Waals surface area contributed by atoms with Gasteiger partial charge < -0.3 is 9.88 Å². The number of thioether (sulfide) groups is 1. The number of imide groups is 1. The van der Waals surface area contributed by atoms with Gasteiger partial charge in [-0.05, 0) is 87.0 Å². The Morgan fingerprint density at radius 2 is 1.76 bits per heavy atom. The number of halogens is 3. The standard InChI is InChI=1S/C27H24F3N3O3S/c1-15-8-9-22(16(2)10-15)33-17(3)11-19(18(33)4)12-23-25(35)32(26(36)37-23)14-24(34)31-21-7-5-6-20(13-21)27(28,29)30/h5-13H,14H2,1-4H3,(H,31,34)/b23-12-. The van der Waals surface area contributed by atoms with Crippen LogP contribution in [0.25, 0.3) is 11.8 Å². The van der Waals surface area contributed by atoms with Crippen LogP contribution in [0.3, 0.4) is 0 Å². The van der Waals surface area contributed by atoms with Crippen molar-refractivity contribution in [3.63, 3.8) is 0 Å². The molecule has 192 valence electrons. The molecule has 37 heavy (non-hydrogen) atoms. The van der Waals surface area contributed by atoms with Crippen LogP contribution in [-0.2, 0) is 15.8 Å². The second kappa shape index (κ2) is 9.93. The number of rotatable bonds is 5. The fourth-order valence-corrected chi connectivity index (χ4v) is 5.08. The highest BCUT2D eigenvalue weighted by atomic mass is 32.2. The molecule has 3 aromatic rings. The van der Waals surface area contributed by atoms with E-state index in [1.807, 2.05) is 45.9 Å². The summed E-state index contributed by atoms with van der Waals surface area (Å²) in [6.45, 7) is 7.31. The fraction of sp³-hybridized carbons (Fsp3) is 0.222. The molecule has 0 unspecified atom stereocenters. The van der Waals surface area contributed by atoms with Gasteiger partial charge >= 0.3 is 6.18 Å². The first-order chi connectivity index (χ1) is 17.3. The zero-order chi connectivity index (χ0) is 27.1. The predicted octanol–water partition coefficient (Wildman–Crippen LogP) is 6.40. The molecule has 3 amide bonds. The molecule has 2 aromatic carbocycles. The van der Waals surface area contributed by atoms with Gasteiger partial charge in [-0.1, -0.05) is 23.8 Å². The molecule has 2 heterocycles. The third-order valence-electron chi connectivity index (χ3n) is 6.00. The average Bonchev–Trinajstić information content (AvgIpc) is 3.23. The fourth-order valence-electron chi connectivity index (χ4n) is 4.26. The lowest BCUT2D eigenvalue weighted by molar-refractivity contribution is -0.137. The number of nitrogens with one attached hydrogen (secondary N) is 1. The number of alkyl halides is 3. The van der Waals surface area contributed by atoms with E-state index in [9.17, 15) is 27.6 Å². The van der Waals surface area contributed by atoms with Crippen molar-refractivity contribution in [2.45, 2.75) is 33.9 Å². The number of carbonyl (C=O) groups is 3. The Bertz CT molecular complexity index is 1460. The van der Waals surface area contributed by atoms with Crippen LogP contribution in [0, 0.1) is 27.7 Å². The summed E-state index contributed by atoms with van der Waals surface area (Å²) in [6, 6.07) is 12.2. The van der Waals surface area contributed by atoms with Crippen molar-refractivity contribution in [1.82, 2.24) is 9.47 Å². The van der Waals surface area contributed by atoms with Crippen LogP contribution >= 0.6 is 11.8 Å². The number of carbonyl (C=O) groups excluding carboxylic acids is 3. The van der Waals surface area contributed by atoms with Crippen LogP contribution in [0.4, 0.5) is 23.7 Å². The molecule has 6 nitrogen and oxygen atoms in total. The molecule has 1 saturated heterocycles. The first-order valence-electron chi connectivity index (χ1n) is 11.3. The van der Waals surface area contributed by atoms with Crippen molar-refractivity contribution < 1.29 is 27.6 Å².